The molecule has 0 spiro atoms. The van der Waals surface area contributed by atoms with E-state index in [4.69, 9.17) is 4.74 Å². The predicted octanol–water partition coefficient (Wildman–Crippen LogP) is 3.90. The van der Waals surface area contributed by atoms with Crippen LogP contribution in [0, 0.1) is 6.92 Å². The summed E-state index contributed by atoms with van der Waals surface area (Å²) in [5.74, 6) is 0.855. The summed E-state index contributed by atoms with van der Waals surface area (Å²) in [4.78, 5) is 6.95. The largest absolute Gasteiger partial charge is 0.497 e. The van der Waals surface area contributed by atoms with Crippen molar-refractivity contribution in [2.75, 3.05) is 20.2 Å². The second-order valence-corrected chi connectivity index (χ2v) is 8.06. The van der Waals surface area contributed by atoms with Crippen LogP contribution in [-0.2, 0) is 6.54 Å². The smallest absolute Gasteiger partial charge is 0.119 e. The van der Waals surface area contributed by atoms with E-state index >= 15 is 0 Å². The molecule has 30 heavy (non-hydrogen) atoms. The molecule has 1 aliphatic rings. The van der Waals surface area contributed by atoms with Gasteiger partial charge in [0.1, 0.15) is 5.75 Å². The van der Waals surface area contributed by atoms with Crippen LogP contribution in [0.15, 0.2) is 54.9 Å². The third kappa shape index (κ3) is 4.71. The number of nitrogens with one attached hydrogen (secondary N) is 1. The van der Waals surface area contributed by atoms with Crippen LogP contribution in [0.3, 0.4) is 0 Å². The fourth-order valence-corrected chi connectivity index (χ4v) is 4.25. The normalized spacial score (nSPS) is 16.5. The Balaban J connectivity index is 1.33. The van der Waals surface area contributed by atoms with Crippen molar-refractivity contribution in [1.29, 1.82) is 0 Å². The molecule has 1 aromatic carbocycles. The SMILES string of the molecule is COc1ccc(-n2ncc([C@H](C)NC3CCN(Cc4ccccn4)CC3)c2C)cc1. The average molecular weight is 406 g/mol. The number of benzene rings is 1. The molecule has 6 nitrogen and oxygen atoms in total. The Morgan fingerprint density at radius 1 is 1.13 bits per heavy atom. The third-order valence-corrected chi connectivity index (χ3v) is 6.02. The first-order chi connectivity index (χ1) is 14.6. The summed E-state index contributed by atoms with van der Waals surface area (Å²) in [6.45, 7) is 7.52. The fraction of sp³-hybridized carbons (Fsp3) is 0.417. The molecule has 158 valence electrons. The topological polar surface area (TPSA) is 55.2 Å². The van der Waals surface area contributed by atoms with Crippen LogP contribution in [0.25, 0.3) is 5.69 Å². The molecule has 0 aliphatic carbocycles. The summed E-state index contributed by atoms with van der Waals surface area (Å²) in [6.07, 6.45) is 6.18. The Morgan fingerprint density at radius 2 is 1.90 bits per heavy atom. The minimum atomic E-state index is 0.268. The minimum Gasteiger partial charge on any atom is -0.497 e. The quantitative estimate of drug-likeness (QED) is 0.646. The first kappa shape index (κ1) is 20.6. The van der Waals surface area contributed by atoms with Crippen LogP contribution in [0.2, 0.25) is 0 Å². The summed E-state index contributed by atoms with van der Waals surface area (Å²) in [6, 6.07) is 15.0. The van der Waals surface area contributed by atoms with E-state index in [1.165, 1.54) is 11.3 Å². The monoisotopic (exact) mass is 405 g/mol. The van der Waals surface area contributed by atoms with Gasteiger partial charge in [0.05, 0.1) is 24.7 Å². The van der Waals surface area contributed by atoms with Crippen LogP contribution >= 0.6 is 0 Å². The fourth-order valence-electron chi connectivity index (χ4n) is 4.25. The molecule has 1 aliphatic heterocycles. The van der Waals surface area contributed by atoms with E-state index in [-0.39, 0.29) is 6.04 Å². The molecule has 3 aromatic rings. The Labute approximate surface area is 178 Å². The maximum Gasteiger partial charge on any atom is 0.119 e. The van der Waals surface area contributed by atoms with Gasteiger partial charge < -0.3 is 10.1 Å². The Hall–Kier alpha value is -2.70. The van der Waals surface area contributed by atoms with Crippen molar-refractivity contribution in [2.45, 2.75) is 45.3 Å². The molecule has 1 atom stereocenters. The zero-order valence-electron chi connectivity index (χ0n) is 18.1. The number of hydrogen-bond acceptors (Lipinski definition) is 5. The lowest BCUT2D eigenvalue weighted by molar-refractivity contribution is 0.183. The van der Waals surface area contributed by atoms with Crippen LogP contribution in [0.1, 0.15) is 42.8 Å². The Morgan fingerprint density at radius 3 is 2.57 bits per heavy atom. The molecule has 0 bridgehead atoms. The van der Waals surface area contributed by atoms with Gasteiger partial charge in [-0.15, -0.1) is 0 Å². The van der Waals surface area contributed by atoms with Gasteiger partial charge in [-0.2, -0.15) is 5.10 Å². The van der Waals surface area contributed by atoms with Gasteiger partial charge in [0.15, 0.2) is 0 Å². The van der Waals surface area contributed by atoms with Crippen molar-refractivity contribution in [3.8, 4) is 11.4 Å². The van der Waals surface area contributed by atoms with Gasteiger partial charge in [-0.1, -0.05) is 6.07 Å². The third-order valence-electron chi connectivity index (χ3n) is 6.02. The standard InChI is InChI=1S/C24H31N5O/c1-18(24-16-26-29(19(24)2)22-7-9-23(30-3)10-8-22)27-20-11-14-28(15-12-20)17-21-6-4-5-13-25-21/h4-10,13,16,18,20,27H,11-12,14-15,17H2,1-3H3/t18-/m0/s1. The van der Waals surface area contributed by atoms with Gasteiger partial charge in [0.2, 0.25) is 0 Å². The highest BCUT2D eigenvalue weighted by Gasteiger charge is 2.23. The first-order valence-electron chi connectivity index (χ1n) is 10.7. The second kappa shape index (κ2) is 9.41. The number of methoxy groups -OCH3 is 1. The number of aromatic nitrogens is 3. The molecule has 3 heterocycles. The van der Waals surface area contributed by atoms with E-state index in [9.17, 15) is 0 Å². The Bertz CT molecular complexity index is 930. The molecule has 0 unspecified atom stereocenters. The molecule has 1 fully saturated rings. The molecular weight excluding hydrogens is 374 g/mol. The van der Waals surface area contributed by atoms with Crippen molar-refractivity contribution in [1.82, 2.24) is 25.0 Å². The van der Waals surface area contributed by atoms with Crippen molar-refractivity contribution >= 4 is 0 Å². The van der Waals surface area contributed by atoms with Gasteiger partial charge in [-0.3, -0.25) is 9.88 Å². The van der Waals surface area contributed by atoms with Gasteiger partial charge in [-0.25, -0.2) is 4.68 Å². The second-order valence-electron chi connectivity index (χ2n) is 8.06. The number of ether oxygens (including phenoxy) is 1. The molecule has 0 radical (unpaired) electrons. The Kier molecular flexibility index (Phi) is 6.45. The lowest BCUT2D eigenvalue weighted by Crippen LogP contribution is -2.43. The van der Waals surface area contributed by atoms with E-state index in [2.05, 4.69) is 46.3 Å². The van der Waals surface area contributed by atoms with E-state index in [0.717, 1.165) is 49.6 Å². The summed E-state index contributed by atoms with van der Waals surface area (Å²) in [5.41, 5.74) is 4.63. The van der Waals surface area contributed by atoms with Gasteiger partial charge in [-0.05, 0) is 63.1 Å². The number of hydrogen-bond donors (Lipinski definition) is 1. The van der Waals surface area contributed by atoms with Gasteiger partial charge in [0, 0.05) is 49.2 Å². The zero-order valence-corrected chi connectivity index (χ0v) is 18.1. The number of pyridine rings is 1. The molecule has 1 saturated heterocycles. The van der Waals surface area contributed by atoms with Crippen LogP contribution in [0.5, 0.6) is 5.75 Å². The van der Waals surface area contributed by atoms with E-state index in [1.807, 2.05) is 47.4 Å². The maximum absolute atomic E-state index is 5.26. The first-order valence-corrected chi connectivity index (χ1v) is 10.7. The molecular formula is C24H31N5O. The zero-order chi connectivity index (χ0) is 20.9. The van der Waals surface area contributed by atoms with Crippen molar-refractivity contribution in [2.24, 2.45) is 0 Å². The predicted molar refractivity (Wildman–Crippen MR) is 119 cm³/mol. The molecule has 0 saturated carbocycles. The summed E-state index contributed by atoms with van der Waals surface area (Å²) < 4.78 is 7.26. The lowest BCUT2D eigenvalue weighted by atomic mass is 10.0. The van der Waals surface area contributed by atoms with Crippen molar-refractivity contribution in [3.63, 3.8) is 0 Å². The average Bonchev–Trinajstić information content (AvgIpc) is 3.17. The van der Waals surface area contributed by atoms with Crippen molar-refractivity contribution in [3.05, 3.63) is 71.8 Å². The maximum atomic E-state index is 5.26. The highest BCUT2D eigenvalue weighted by molar-refractivity contribution is 5.39. The van der Waals surface area contributed by atoms with Crippen LogP contribution in [-0.4, -0.2) is 45.9 Å². The number of piperidine rings is 1. The molecule has 0 amide bonds. The summed E-state index contributed by atoms with van der Waals surface area (Å²) >= 11 is 0. The van der Waals surface area contributed by atoms with Gasteiger partial charge in [0.25, 0.3) is 0 Å². The minimum absolute atomic E-state index is 0.268. The van der Waals surface area contributed by atoms with E-state index in [1.54, 1.807) is 7.11 Å². The highest BCUT2D eigenvalue weighted by Crippen LogP contribution is 2.23. The van der Waals surface area contributed by atoms with Crippen LogP contribution < -0.4 is 10.1 Å². The molecule has 2 aromatic heterocycles. The molecule has 4 rings (SSSR count). The molecule has 1 N–H and O–H groups in total. The highest BCUT2D eigenvalue weighted by atomic mass is 16.5. The summed E-state index contributed by atoms with van der Waals surface area (Å²) in [5, 5.41) is 8.46. The van der Waals surface area contributed by atoms with Gasteiger partial charge >= 0.3 is 0 Å². The van der Waals surface area contributed by atoms with Crippen LogP contribution in [0.4, 0.5) is 0 Å². The number of rotatable bonds is 7. The van der Waals surface area contributed by atoms with E-state index < -0.39 is 0 Å². The lowest BCUT2D eigenvalue weighted by Gasteiger charge is -2.33. The van der Waals surface area contributed by atoms with Crippen molar-refractivity contribution < 1.29 is 4.74 Å². The molecule has 6 heteroatoms. The number of nitrogens with zero attached hydrogens (tertiary/aromatic N) is 4. The summed E-state index contributed by atoms with van der Waals surface area (Å²) in [7, 11) is 1.68. The number of likely N-dealkylation sites (tertiary alicyclic amines) is 1. The van der Waals surface area contributed by atoms with E-state index in [0.29, 0.717) is 6.04 Å².